The summed E-state index contributed by atoms with van der Waals surface area (Å²) in [7, 11) is 2.10. The van der Waals surface area contributed by atoms with Crippen LogP contribution in [-0.4, -0.2) is 53.5 Å². The fourth-order valence-electron chi connectivity index (χ4n) is 2.39. The van der Waals surface area contributed by atoms with Crippen molar-refractivity contribution in [2.75, 3.05) is 39.0 Å². The van der Waals surface area contributed by atoms with Gasteiger partial charge in [-0.25, -0.2) is 0 Å². The molecule has 2 N–H and O–H groups in total. The van der Waals surface area contributed by atoms with Gasteiger partial charge in [0, 0.05) is 32.4 Å². The molecule has 18 heavy (non-hydrogen) atoms. The summed E-state index contributed by atoms with van der Waals surface area (Å²) < 4.78 is 1.92. The predicted molar refractivity (Wildman–Crippen MR) is 72.5 cm³/mol. The van der Waals surface area contributed by atoms with Crippen LogP contribution in [-0.2, 0) is 6.54 Å². The van der Waals surface area contributed by atoms with Crippen LogP contribution in [0.25, 0.3) is 0 Å². The summed E-state index contributed by atoms with van der Waals surface area (Å²) in [6, 6.07) is 1.78. The van der Waals surface area contributed by atoms with Gasteiger partial charge in [0.15, 0.2) is 0 Å². The summed E-state index contributed by atoms with van der Waals surface area (Å²) in [6.45, 7) is 6.41. The van der Waals surface area contributed by atoms with Crippen LogP contribution in [0.15, 0.2) is 12.3 Å². The van der Waals surface area contributed by atoms with Crippen molar-refractivity contribution in [3.8, 4) is 0 Å². The highest BCUT2D eigenvalue weighted by molar-refractivity contribution is 5.93. The maximum atomic E-state index is 12.5. The Morgan fingerprint density at radius 2 is 2.11 bits per heavy atom. The molecule has 1 amide bonds. The molecule has 0 unspecified atom stereocenters. The number of nitrogens with zero attached hydrogens (tertiary/aromatic N) is 3. The lowest BCUT2D eigenvalue weighted by atomic mass is 10.3. The summed E-state index contributed by atoms with van der Waals surface area (Å²) in [5.74, 6) is 0.101. The number of carbonyl (C=O) groups excluding carboxylic acids is 1. The van der Waals surface area contributed by atoms with Crippen LogP contribution < -0.4 is 5.73 Å². The molecule has 1 aromatic heterocycles. The molecule has 0 spiro atoms. The zero-order valence-electron chi connectivity index (χ0n) is 11.2. The summed E-state index contributed by atoms with van der Waals surface area (Å²) in [6.07, 6.45) is 2.86. The van der Waals surface area contributed by atoms with Crippen LogP contribution in [0.3, 0.4) is 0 Å². The topological polar surface area (TPSA) is 54.5 Å². The zero-order valence-corrected chi connectivity index (χ0v) is 11.2. The van der Waals surface area contributed by atoms with Gasteiger partial charge < -0.3 is 20.1 Å². The van der Waals surface area contributed by atoms with E-state index in [4.69, 9.17) is 5.73 Å². The average Bonchev–Trinajstić information content (AvgIpc) is 2.59. The van der Waals surface area contributed by atoms with Crippen LogP contribution in [0, 0.1) is 0 Å². The largest absolute Gasteiger partial charge is 0.397 e. The van der Waals surface area contributed by atoms with Gasteiger partial charge in [-0.2, -0.15) is 0 Å². The Morgan fingerprint density at radius 3 is 2.83 bits per heavy atom. The lowest BCUT2D eigenvalue weighted by molar-refractivity contribution is 0.0752. The lowest BCUT2D eigenvalue weighted by Gasteiger charge is -2.21. The molecule has 2 heterocycles. The highest BCUT2D eigenvalue weighted by Gasteiger charge is 2.21. The van der Waals surface area contributed by atoms with Crippen molar-refractivity contribution in [3.63, 3.8) is 0 Å². The number of hydrogen-bond acceptors (Lipinski definition) is 3. The first-order chi connectivity index (χ1) is 8.61. The molecule has 1 aliphatic rings. The Labute approximate surface area is 108 Å². The Kier molecular flexibility index (Phi) is 3.91. The molecular formula is C13H22N4O. The van der Waals surface area contributed by atoms with Gasteiger partial charge in [0.2, 0.25) is 0 Å². The van der Waals surface area contributed by atoms with Gasteiger partial charge in [0.1, 0.15) is 5.69 Å². The first-order valence-electron chi connectivity index (χ1n) is 6.55. The zero-order chi connectivity index (χ0) is 13.1. The monoisotopic (exact) mass is 250 g/mol. The Bertz CT molecular complexity index is 427. The SMILES string of the molecule is CCn1cc(N)cc1C(=O)N1CCCN(C)CC1. The average molecular weight is 250 g/mol. The molecule has 1 aromatic rings. The normalized spacial score (nSPS) is 17.8. The van der Waals surface area contributed by atoms with Crippen molar-refractivity contribution in [2.24, 2.45) is 0 Å². The van der Waals surface area contributed by atoms with E-state index >= 15 is 0 Å². The van der Waals surface area contributed by atoms with Gasteiger partial charge in [0.05, 0.1) is 5.69 Å². The number of carbonyl (C=O) groups is 1. The Morgan fingerprint density at radius 1 is 1.33 bits per heavy atom. The minimum atomic E-state index is 0.101. The molecule has 0 saturated carbocycles. The van der Waals surface area contributed by atoms with Crippen LogP contribution in [0.5, 0.6) is 0 Å². The van der Waals surface area contributed by atoms with E-state index in [2.05, 4.69) is 11.9 Å². The van der Waals surface area contributed by atoms with E-state index in [-0.39, 0.29) is 5.91 Å². The summed E-state index contributed by atoms with van der Waals surface area (Å²) >= 11 is 0. The number of aryl methyl sites for hydroxylation is 1. The van der Waals surface area contributed by atoms with E-state index < -0.39 is 0 Å². The van der Waals surface area contributed by atoms with Crippen LogP contribution in [0.2, 0.25) is 0 Å². The van der Waals surface area contributed by atoms with Crippen molar-refractivity contribution < 1.29 is 4.79 Å². The van der Waals surface area contributed by atoms with Crippen molar-refractivity contribution in [3.05, 3.63) is 18.0 Å². The van der Waals surface area contributed by atoms with Crippen LogP contribution in [0.4, 0.5) is 5.69 Å². The highest BCUT2D eigenvalue weighted by atomic mass is 16.2. The van der Waals surface area contributed by atoms with Gasteiger partial charge in [0.25, 0.3) is 5.91 Å². The molecule has 5 nitrogen and oxygen atoms in total. The van der Waals surface area contributed by atoms with E-state index in [1.165, 1.54) is 0 Å². The van der Waals surface area contributed by atoms with Crippen LogP contribution in [0.1, 0.15) is 23.8 Å². The minimum Gasteiger partial charge on any atom is -0.397 e. The standard InChI is InChI=1S/C13H22N4O/c1-3-16-10-11(14)9-12(16)13(18)17-6-4-5-15(2)7-8-17/h9-10H,3-8,14H2,1-2H3. The number of anilines is 1. The Hall–Kier alpha value is -1.49. The molecule has 0 radical (unpaired) electrons. The molecule has 5 heteroatoms. The van der Waals surface area contributed by atoms with Gasteiger partial charge in [-0.1, -0.05) is 0 Å². The van der Waals surface area contributed by atoms with E-state index in [1.54, 1.807) is 6.07 Å². The van der Waals surface area contributed by atoms with Gasteiger partial charge in [-0.05, 0) is 33.0 Å². The summed E-state index contributed by atoms with van der Waals surface area (Å²) in [4.78, 5) is 16.7. The number of nitrogen functional groups attached to an aromatic ring is 1. The number of amides is 1. The number of rotatable bonds is 2. The molecule has 1 fully saturated rings. The molecule has 1 saturated heterocycles. The van der Waals surface area contributed by atoms with Crippen LogP contribution >= 0.6 is 0 Å². The van der Waals surface area contributed by atoms with Gasteiger partial charge in [-0.15, -0.1) is 0 Å². The second kappa shape index (κ2) is 5.44. The molecule has 2 rings (SSSR count). The third-order valence-corrected chi connectivity index (χ3v) is 3.48. The highest BCUT2D eigenvalue weighted by Crippen LogP contribution is 2.14. The van der Waals surface area contributed by atoms with E-state index in [9.17, 15) is 4.79 Å². The third-order valence-electron chi connectivity index (χ3n) is 3.48. The molecule has 1 aliphatic heterocycles. The maximum Gasteiger partial charge on any atom is 0.270 e. The second-order valence-corrected chi connectivity index (χ2v) is 4.89. The lowest BCUT2D eigenvalue weighted by Crippen LogP contribution is -2.35. The predicted octanol–water partition coefficient (Wildman–Crippen LogP) is 0.868. The fourth-order valence-corrected chi connectivity index (χ4v) is 2.39. The summed E-state index contributed by atoms with van der Waals surface area (Å²) in [5, 5.41) is 0. The van der Waals surface area contributed by atoms with Crippen molar-refractivity contribution in [2.45, 2.75) is 19.9 Å². The molecule has 0 bridgehead atoms. The number of aromatic nitrogens is 1. The maximum absolute atomic E-state index is 12.5. The van der Waals surface area contributed by atoms with E-state index in [0.717, 1.165) is 39.1 Å². The summed E-state index contributed by atoms with van der Waals surface area (Å²) in [5.41, 5.74) is 7.14. The van der Waals surface area contributed by atoms with Crippen molar-refractivity contribution in [1.82, 2.24) is 14.4 Å². The number of nitrogens with two attached hydrogens (primary N) is 1. The first kappa shape index (κ1) is 13.0. The van der Waals surface area contributed by atoms with E-state index in [0.29, 0.717) is 11.4 Å². The van der Waals surface area contributed by atoms with Crippen molar-refractivity contribution in [1.29, 1.82) is 0 Å². The minimum absolute atomic E-state index is 0.101. The van der Waals surface area contributed by atoms with E-state index in [1.807, 2.05) is 22.6 Å². The number of hydrogen-bond donors (Lipinski definition) is 1. The van der Waals surface area contributed by atoms with Gasteiger partial charge in [-0.3, -0.25) is 4.79 Å². The second-order valence-electron chi connectivity index (χ2n) is 4.89. The third kappa shape index (κ3) is 2.67. The van der Waals surface area contributed by atoms with Gasteiger partial charge >= 0.3 is 0 Å². The van der Waals surface area contributed by atoms with Crippen molar-refractivity contribution >= 4 is 11.6 Å². The first-order valence-corrected chi connectivity index (χ1v) is 6.55. The number of likely N-dealkylation sites (N-methyl/N-ethyl adjacent to an activating group) is 1. The molecular weight excluding hydrogens is 228 g/mol. The quantitative estimate of drug-likeness (QED) is 0.847. The molecule has 0 aromatic carbocycles. The Balaban J connectivity index is 2.14. The molecule has 0 atom stereocenters. The fraction of sp³-hybridized carbons (Fsp3) is 0.615. The molecule has 100 valence electrons. The smallest absolute Gasteiger partial charge is 0.270 e. The molecule has 0 aliphatic carbocycles.